The van der Waals surface area contributed by atoms with Crippen molar-refractivity contribution in [3.8, 4) is 33.6 Å². The Morgan fingerprint density at radius 3 is 2.08 bits per heavy atom. The summed E-state index contributed by atoms with van der Waals surface area (Å²) in [5.41, 5.74) is 6.85. The van der Waals surface area contributed by atoms with Crippen LogP contribution in [0.15, 0.2) is 128 Å². The van der Waals surface area contributed by atoms with Gasteiger partial charge < -0.3 is 0 Å². The highest BCUT2D eigenvalue weighted by atomic mass is 32.1. The first kappa shape index (κ1) is 21.3. The van der Waals surface area contributed by atoms with Crippen molar-refractivity contribution < 1.29 is 0 Å². The van der Waals surface area contributed by atoms with Crippen LogP contribution in [0.25, 0.3) is 70.2 Å². The molecule has 0 aliphatic carbocycles. The number of thiophene rings is 1. The van der Waals surface area contributed by atoms with Crippen molar-refractivity contribution in [1.29, 1.82) is 0 Å². The number of benzene rings is 5. The van der Waals surface area contributed by atoms with Gasteiger partial charge in [-0.3, -0.25) is 4.40 Å². The van der Waals surface area contributed by atoms with Crippen molar-refractivity contribution >= 4 is 47.9 Å². The van der Waals surface area contributed by atoms with Gasteiger partial charge in [0.2, 0.25) is 0 Å². The molecule has 38 heavy (non-hydrogen) atoms. The number of aromatic nitrogens is 3. The molecule has 0 bridgehead atoms. The van der Waals surface area contributed by atoms with Crippen LogP contribution in [0, 0.1) is 0 Å². The Morgan fingerprint density at radius 2 is 1.18 bits per heavy atom. The number of hydrogen-bond acceptors (Lipinski definition) is 3. The highest BCUT2D eigenvalue weighted by Gasteiger charge is 2.15. The van der Waals surface area contributed by atoms with Crippen molar-refractivity contribution in [2.75, 3.05) is 0 Å². The van der Waals surface area contributed by atoms with E-state index >= 15 is 0 Å². The SMILES string of the molecule is c1ccc(-c2cccc3c2sc2ccccc23)c(-c2ccc(-c3nnc4c5ccccc5ccn34)cc2)c1. The van der Waals surface area contributed by atoms with Crippen molar-refractivity contribution in [1.82, 2.24) is 14.6 Å². The zero-order chi connectivity index (χ0) is 25.1. The molecule has 0 aliphatic heterocycles. The van der Waals surface area contributed by atoms with Crippen LogP contribution in [0.1, 0.15) is 0 Å². The average molecular weight is 504 g/mol. The summed E-state index contributed by atoms with van der Waals surface area (Å²) < 4.78 is 4.73. The number of hydrogen-bond donors (Lipinski definition) is 0. The fraction of sp³-hybridized carbons (Fsp3) is 0. The first-order valence-corrected chi connectivity index (χ1v) is 13.5. The summed E-state index contributed by atoms with van der Waals surface area (Å²) in [6.07, 6.45) is 2.06. The van der Waals surface area contributed by atoms with Crippen LogP contribution in [0.4, 0.5) is 0 Å². The largest absolute Gasteiger partial charge is 0.282 e. The minimum atomic E-state index is 0.848. The molecule has 0 atom stereocenters. The summed E-state index contributed by atoms with van der Waals surface area (Å²) in [6, 6.07) is 43.2. The predicted octanol–water partition coefficient (Wildman–Crippen LogP) is 9.25. The van der Waals surface area contributed by atoms with Gasteiger partial charge in [-0.15, -0.1) is 21.5 Å². The van der Waals surface area contributed by atoms with Crippen molar-refractivity contribution in [3.05, 3.63) is 128 Å². The van der Waals surface area contributed by atoms with Crippen LogP contribution in [0.5, 0.6) is 0 Å². The maximum absolute atomic E-state index is 4.55. The lowest BCUT2D eigenvalue weighted by atomic mass is 9.93. The second-order valence-electron chi connectivity index (χ2n) is 9.52. The summed E-state index contributed by atoms with van der Waals surface area (Å²) in [6.45, 7) is 0. The van der Waals surface area contributed by atoms with Crippen LogP contribution < -0.4 is 0 Å². The molecule has 0 aliphatic rings. The smallest absolute Gasteiger partial charge is 0.168 e. The molecule has 3 aromatic heterocycles. The fourth-order valence-corrected chi connectivity index (χ4v) is 6.77. The quantitative estimate of drug-likeness (QED) is 0.240. The van der Waals surface area contributed by atoms with Gasteiger partial charge in [0.05, 0.1) is 0 Å². The third-order valence-corrected chi connectivity index (χ3v) is 8.60. The molecule has 4 heteroatoms. The molecule has 5 aromatic carbocycles. The van der Waals surface area contributed by atoms with Gasteiger partial charge in [0.1, 0.15) is 0 Å². The van der Waals surface area contributed by atoms with E-state index in [4.69, 9.17) is 0 Å². The van der Waals surface area contributed by atoms with E-state index < -0.39 is 0 Å². The van der Waals surface area contributed by atoms with Gasteiger partial charge in [0.25, 0.3) is 0 Å². The van der Waals surface area contributed by atoms with E-state index in [1.807, 2.05) is 23.5 Å². The topological polar surface area (TPSA) is 30.2 Å². The Balaban J connectivity index is 1.24. The van der Waals surface area contributed by atoms with Gasteiger partial charge in [0.15, 0.2) is 11.5 Å². The Morgan fingerprint density at radius 1 is 0.500 bits per heavy atom. The predicted molar refractivity (Wildman–Crippen MR) is 160 cm³/mol. The first-order chi connectivity index (χ1) is 18.8. The Hall–Kier alpha value is -4.80. The second-order valence-corrected chi connectivity index (χ2v) is 10.6. The van der Waals surface area contributed by atoms with E-state index in [-0.39, 0.29) is 0 Å². The Labute approximate surface area is 223 Å². The lowest BCUT2D eigenvalue weighted by Crippen LogP contribution is -1.90. The molecule has 8 aromatic rings. The van der Waals surface area contributed by atoms with E-state index in [0.717, 1.165) is 22.4 Å². The zero-order valence-electron chi connectivity index (χ0n) is 20.4. The molecule has 3 nitrogen and oxygen atoms in total. The van der Waals surface area contributed by atoms with E-state index in [1.165, 1.54) is 47.8 Å². The molecule has 0 amide bonds. The molecule has 0 radical (unpaired) electrons. The molecule has 0 unspecified atom stereocenters. The molecular formula is C34H21N3S. The van der Waals surface area contributed by atoms with Gasteiger partial charge >= 0.3 is 0 Å². The number of pyridine rings is 1. The normalized spacial score (nSPS) is 11.7. The van der Waals surface area contributed by atoms with Gasteiger partial charge in [-0.05, 0) is 34.2 Å². The molecule has 0 saturated heterocycles. The van der Waals surface area contributed by atoms with Crippen LogP contribution in [0.3, 0.4) is 0 Å². The maximum Gasteiger partial charge on any atom is 0.168 e. The fourth-order valence-electron chi connectivity index (χ4n) is 5.54. The standard InChI is InChI=1S/C34H21N3S/c1-2-10-26-22(8-1)20-21-37-33(35-36-34(26)37)24-18-16-23(17-19-24)25-9-3-4-11-27(25)29-13-7-14-30-28-12-5-6-15-31(28)38-32(29)30/h1-21H. The number of rotatable bonds is 3. The first-order valence-electron chi connectivity index (χ1n) is 12.7. The molecule has 0 saturated carbocycles. The maximum atomic E-state index is 4.55. The average Bonchev–Trinajstić information content (AvgIpc) is 3.59. The second kappa shape index (κ2) is 8.37. The van der Waals surface area contributed by atoms with Crippen LogP contribution in [-0.2, 0) is 0 Å². The van der Waals surface area contributed by atoms with Gasteiger partial charge in [-0.25, -0.2) is 0 Å². The molecular weight excluding hydrogens is 482 g/mol. The lowest BCUT2D eigenvalue weighted by molar-refractivity contribution is 1.11. The summed E-state index contributed by atoms with van der Waals surface area (Å²) in [4.78, 5) is 0. The Bertz CT molecular complexity index is 2130. The van der Waals surface area contributed by atoms with Crippen molar-refractivity contribution in [3.63, 3.8) is 0 Å². The third-order valence-electron chi connectivity index (χ3n) is 7.38. The van der Waals surface area contributed by atoms with Crippen LogP contribution in [0.2, 0.25) is 0 Å². The molecule has 0 fully saturated rings. The zero-order valence-corrected chi connectivity index (χ0v) is 21.2. The molecule has 3 heterocycles. The summed E-state index contributed by atoms with van der Waals surface area (Å²) in [5.74, 6) is 0.848. The van der Waals surface area contributed by atoms with E-state index in [2.05, 4.69) is 130 Å². The minimum Gasteiger partial charge on any atom is -0.282 e. The summed E-state index contributed by atoms with van der Waals surface area (Å²) in [7, 11) is 0. The molecule has 178 valence electrons. The van der Waals surface area contributed by atoms with Crippen molar-refractivity contribution in [2.24, 2.45) is 0 Å². The van der Waals surface area contributed by atoms with E-state index in [9.17, 15) is 0 Å². The molecule has 0 N–H and O–H groups in total. The number of nitrogens with zero attached hydrogens (tertiary/aromatic N) is 3. The van der Waals surface area contributed by atoms with Crippen LogP contribution in [-0.4, -0.2) is 14.6 Å². The molecule has 0 spiro atoms. The Kier molecular flexibility index (Phi) is 4.69. The van der Waals surface area contributed by atoms with E-state index in [0.29, 0.717) is 0 Å². The van der Waals surface area contributed by atoms with Gasteiger partial charge in [0, 0.05) is 42.9 Å². The minimum absolute atomic E-state index is 0.848. The van der Waals surface area contributed by atoms with E-state index in [1.54, 1.807) is 0 Å². The van der Waals surface area contributed by atoms with Gasteiger partial charge in [-0.1, -0.05) is 109 Å². The van der Waals surface area contributed by atoms with Crippen molar-refractivity contribution in [2.45, 2.75) is 0 Å². The number of fused-ring (bicyclic) bond motifs is 6. The lowest BCUT2D eigenvalue weighted by Gasteiger charge is -2.12. The highest BCUT2D eigenvalue weighted by Crippen LogP contribution is 2.42. The monoisotopic (exact) mass is 503 g/mol. The summed E-state index contributed by atoms with van der Waals surface area (Å²) in [5, 5.41) is 14.0. The third kappa shape index (κ3) is 3.21. The summed E-state index contributed by atoms with van der Waals surface area (Å²) >= 11 is 1.87. The van der Waals surface area contributed by atoms with Crippen LogP contribution >= 0.6 is 11.3 Å². The van der Waals surface area contributed by atoms with Gasteiger partial charge in [-0.2, -0.15) is 0 Å². The molecule has 8 rings (SSSR count). The highest BCUT2D eigenvalue weighted by molar-refractivity contribution is 7.26.